The molecule has 0 aliphatic carbocycles. The Balaban J connectivity index is 0.000000167. The zero-order valence-corrected chi connectivity index (χ0v) is 29.8. The van der Waals surface area contributed by atoms with Crippen LogP contribution in [0.3, 0.4) is 0 Å². The quantitative estimate of drug-likeness (QED) is 0.0972. The summed E-state index contributed by atoms with van der Waals surface area (Å²) in [6, 6.07) is 26.1. The monoisotopic (exact) mass is 699 g/mol. The second-order valence-electron chi connectivity index (χ2n) is 12.5. The normalized spacial score (nSPS) is 14.3. The van der Waals surface area contributed by atoms with Gasteiger partial charge in [0.1, 0.15) is 0 Å². The van der Waals surface area contributed by atoms with Crippen molar-refractivity contribution < 1.29 is 14.1 Å². The van der Waals surface area contributed by atoms with Gasteiger partial charge in [0.15, 0.2) is 0 Å². The third kappa shape index (κ3) is 10.5. The van der Waals surface area contributed by atoms with Crippen LogP contribution in [0.25, 0.3) is 22.5 Å². The van der Waals surface area contributed by atoms with E-state index in [0.717, 1.165) is 45.0 Å². The Morgan fingerprint density at radius 2 is 1.10 bits per heavy atom. The smallest absolute Gasteiger partial charge is 0.399 e. The van der Waals surface area contributed by atoms with Crippen molar-refractivity contribution in [2.24, 2.45) is 5.92 Å². The van der Waals surface area contributed by atoms with E-state index in [0.29, 0.717) is 0 Å². The number of benzene rings is 3. The summed E-state index contributed by atoms with van der Waals surface area (Å²) in [5.41, 5.74) is 17.3. The molecule has 0 bridgehead atoms. The van der Waals surface area contributed by atoms with Gasteiger partial charge in [-0.1, -0.05) is 50.2 Å². The number of carbonyl (C=O) groups is 1. The summed E-state index contributed by atoms with van der Waals surface area (Å²) in [5, 5.41) is 3.30. The van der Waals surface area contributed by atoms with Crippen molar-refractivity contribution in [1.29, 1.82) is 0 Å². The Bertz CT molecular complexity index is 1820. The molecule has 1 aliphatic heterocycles. The number of nitrogens with one attached hydrogen (secondary N) is 1. The number of nitrogens with two attached hydrogens (primary N) is 2. The van der Waals surface area contributed by atoms with Gasteiger partial charge in [0.25, 0.3) is 0 Å². The number of halogens is 2. The SMILES string of the molecule is CC(C)C(=O)Nc1ccc(-c2ccnc(Cl)n2)cc1.CC1(C)OB(c2ccc(N)cc2)OC1(C)C.Nc1ccc(-c2ccnc(Cl)n2)cc1. The van der Waals surface area contributed by atoms with Gasteiger partial charge in [0, 0.05) is 46.5 Å². The fourth-order valence-electron chi connectivity index (χ4n) is 4.29. The summed E-state index contributed by atoms with van der Waals surface area (Å²) in [4.78, 5) is 27.4. The number of amides is 1. The number of hydrogen-bond donors (Lipinski definition) is 3. The van der Waals surface area contributed by atoms with Gasteiger partial charge in [0.2, 0.25) is 16.5 Å². The zero-order valence-electron chi connectivity index (χ0n) is 28.3. The molecule has 3 aromatic carbocycles. The molecule has 0 saturated carbocycles. The van der Waals surface area contributed by atoms with Gasteiger partial charge in [0.05, 0.1) is 22.6 Å². The minimum Gasteiger partial charge on any atom is -0.399 e. The maximum Gasteiger partial charge on any atom is 0.494 e. The second-order valence-corrected chi connectivity index (χ2v) is 13.2. The first-order chi connectivity index (χ1) is 23.1. The molecule has 6 rings (SSSR count). The molecular formula is C36H40BCl2N7O3. The van der Waals surface area contributed by atoms with Gasteiger partial charge in [-0.2, -0.15) is 0 Å². The topological polar surface area (TPSA) is 151 Å². The van der Waals surface area contributed by atoms with Gasteiger partial charge in [-0.3, -0.25) is 4.79 Å². The van der Waals surface area contributed by atoms with Gasteiger partial charge in [-0.05, 0) is 105 Å². The molecule has 0 atom stereocenters. The number of anilines is 3. The summed E-state index contributed by atoms with van der Waals surface area (Å²) in [7, 11) is -0.300. The fraction of sp³-hybridized carbons (Fsp3) is 0.250. The highest BCUT2D eigenvalue weighted by atomic mass is 35.5. The highest BCUT2D eigenvalue weighted by molar-refractivity contribution is 6.62. The maximum atomic E-state index is 11.6. The summed E-state index contributed by atoms with van der Waals surface area (Å²) < 4.78 is 11.9. The average molecular weight is 700 g/mol. The first-order valence-electron chi connectivity index (χ1n) is 15.6. The molecule has 2 aromatic heterocycles. The number of hydrogen-bond acceptors (Lipinski definition) is 9. The van der Waals surface area contributed by atoms with Gasteiger partial charge >= 0.3 is 7.12 Å². The van der Waals surface area contributed by atoms with Crippen molar-refractivity contribution in [1.82, 2.24) is 19.9 Å². The first kappa shape index (κ1) is 37.3. The van der Waals surface area contributed by atoms with Crippen molar-refractivity contribution in [3.05, 3.63) is 108 Å². The summed E-state index contributed by atoms with van der Waals surface area (Å²) in [6.45, 7) is 11.9. The van der Waals surface area contributed by atoms with Crippen molar-refractivity contribution in [3.63, 3.8) is 0 Å². The van der Waals surface area contributed by atoms with E-state index in [1.807, 2.05) is 114 Å². The van der Waals surface area contributed by atoms with E-state index >= 15 is 0 Å². The van der Waals surface area contributed by atoms with Crippen LogP contribution in [0.4, 0.5) is 17.1 Å². The predicted octanol–water partition coefficient (Wildman–Crippen LogP) is 7.34. The zero-order chi connectivity index (χ0) is 35.8. The van der Waals surface area contributed by atoms with Crippen molar-refractivity contribution in [2.45, 2.75) is 52.7 Å². The van der Waals surface area contributed by atoms with Crippen molar-refractivity contribution in [3.8, 4) is 22.5 Å². The summed E-state index contributed by atoms with van der Waals surface area (Å²) >= 11 is 11.4. The van der Waals surface area contributed by atoms with Crippen LogP contribution < -0.4 is 22.2 Å². The van der Waals surface area contributed by atoms with E-state index in [4.69, 9.17) is 44.0 Å². The van der Waals surface area contributed by atoms with E-state index < -0.39 is 0 Å². The van der Waals surface area contributed by atoms with Crippen LogP contribution in [0.2, 0.25) is 10.6 Å². The molecule has 13 heteroatoms. The highest BCUT2D eigenvalue weighted by Gasteiger charge is 2.51. The second kappa shape index (κ2) is 16.2. The van der Waals surface area contributed by atoms with Crippen molar-refractivity contribution in [2.75, 3.05) is 16.8 Å². The van der Waals surface area contributed by atoms with Crippen LogP contribution in [-0.4, -0.2) is 44.2 Å². The van der Waals surface area contributed by atoms with Gasteiger partial charge < -0.3 is 26.1 Å². The van der Waals surface area contributed by atoms with E-state index in [2.05, 4.69) is 25.3 Å². The number of aromatic nitrogens is 4. The molecular weight excluding hydrogens is 660 g/mol. The van der Waals surface area contributed by atoms with Crippen LogP contribution in [-0.2, 0) is 14.1 Å². The van der Waals surface area contributed by atoms with Gasteiger partial charge in [-0.15, -0.1) is 0 Å². The molecule has 0 unspecified atom stereocenters. The fourth-order valence-corrected chi connectivity index (χ4v) is 4.58. The predicted molar refractivity (Wildman–Crippen MR) is 199 cm³/mol. The third-order valence-corrected chi connectivity index (χ3v) is 8.26. The van der Waals surface area contributed by atoms with E-state index in [-0.39, 0.29) is 40.7 Å². The standard InChI is InChI=1S/C14H14ClN3O.C12H18BNO2.C10H8ClN3/c1-9(2)13(19)17-11-5-3-10(4-6-11)12-7-8-16-14(15)18-12;1-11(2)12(3,4)16-13(15-11)9-5-7-10(14)8-6-9;11-10-13-6-5-9(14-10)7-1-3-8(12)4-2-7/h3-9H,1-2H3,(H,17,19);5-8H,14H2,1-4H3;1-6H,12H2. The lowest BCUT2D eigenvalue weighted by Crippen LogP contribution is -2.41. The van der Waals surface area contributed by atoms with Crippen LogP contribution in [0, 0.1) is 5.92 Å². The molecule has 1 amide bonds. The van der Waals surface area contributed by atoms with E-state index in [1.54, 1.807) is 24.5 Å². The highest BCUT2D eigenvalue weighted by Crippen LogP contribution is 2.36. The number of rotatable bonds is 5. The molecule has 0 spiro atoms. The van der Waals surface area contributed by atoms with Crippen molar-refractivity contribution >= 4 is 58.8 Å². The molecule has 10 nitrogen and oxygen atoms in total. The van der Waals surface area contributed by atoms with Crippen LogP contribution >= 0.6 is 23.2 Å². The van der Waals surface area contributed by atoms with E-state index in [1.165, 1.54) is 0 Å². The summed E-state index contributed by atoms with van der Waals surface area (Å²) in [5.74, 6) is -0.0434. The lowest BCUT2D eigenvalue weighted by molar-refractivity contribution is -0.118. The molecule has 5 N–H and O–H groups in total. The largest absolute Gasteiger partial charge is 0.494 e. The molecule has 1 aliphatic rings. The lowest BCUT2D eigenvalue weighted by Gasteiger charge is -2.32. The van der Waals surface area contributed by atoms with Crippen LogP contribution in [0.1, 0.15) is 41.5 Å². The average Bonchev–Trinajstić information content (AvgIpc) is 3.28. The minimum absolute atomic E-state index is 0.00201. The van der Waals surface area contributed by atoms with Crippen LogP contribution in [0.15, 0.2) is 97.3 Å². The first-order valence-corrected chi connectivity index (χ1v) is 16.3. The molecule has 1 saturated heterocycles. The Hall–Kier alpha value is -4.55. The molecule has 5 aromatic rings. The number of nitrogens with zero attached hydrogens (tertiary/aromatic N) is 4. The number of nitrogen functional groups attached to an aromatic ring is 2. The Labute approximate surface area is 297 Å². The maximum absolute atomic E-state index is 11.6. The number of carbonyl (C=O) groups excluding carboxylic acids is 1. The molecule has 49 heavy (non-hydrogen) atoms. The molecule has 3 heterocycles. The molecule has 0 radical (unpaired) electrons. The van der Waals surface area contributed by atoms with Crippen LogP contribution in [0.5, 0.6) is 0 Å². The summed E-state index contributed by atoms with van der Waals surface area (Å²) in [6.07, 6.45) is 3.24. The Morgan fingerprint density at radius 3 is 1.51 bits per heavy atom. The molecule has 254 valence electrons. The van der Waals surface area contributed by atoms with E-state index in [9.17, 15) is 4.79 Å². The Morgan fingerprint density at radius 1 is 0.694 bits per heavy atom. The molecule has 1 fully saturated rings. The Kier molecular flexibility index (Phi) is 12.4. The third-order valence-electron chi connectivity index (χ3n) is 7.89. The lowest BCUT2D eigenvalue weighted by atomic mass is 9.79. The van der Waals surface area contributed by atoms with Gasteiger partial charge in [-0.25, -0.2) is 19.9 Å². The minimum atomic E-state index is -0.300.